The molecule has 164 valence electrons. The molecule has 0 unspecified atom stereocenters. The fraction of sp³-hybridized carbons (Fsp3) is 0.261. The molecule has 0 saturated heterocycles. The van der Waals surface area contributed by atoms with Crippen LogP contribution in [0.3, 0.4) is 0 Å². The summed E-state index contributed by atoms with van der Waals surface area (Å²) in [5, 5.41) is 7.21. The minimum Gasteiger partial charge on any atom is -0.484 e. The number of halogens is 3. The lowest BCUT2D eigenvalue weighted by Crippen LogP contribution is -2.81. The first-order chi connectivity index (χ1) is 15.3. The number of benzene rings is 2. The molecule has 0 atom stereocenters. The van der Waals surface area contributed by atoms with Crippen LogP contribution in [-0.2, 0) is 4.79 Å². The molecule has 1 aromatic heterocycles. The maximum atomic E-state index is 13.5. The van der Waals surface area contributed by atoms with E-state index in [1.807, 2.05) is 18.2 Å². The summed E-state index contributed by atoms with van der Waals surface area (Å²) in [5.41, 5.74) is 0.601. The summed E-state index contributed by atoms with van der Waals surface area (Å²) in [6, 6.07) is 13.3. The predicted molar refractivity (Wildman–Crippen MR) is 120 cm³/mol. The van der Waals surface area contributed by atoms with E-state index in [0.29, 0.717) is 10.8 Å². The predicted octanol–water partition coefficient (Wildman–Crippen LogP) is 4.87. The Labute approximate surface area is 194 Å². The highest BCUT2D eigenvalue weighted by Crippen LogP contribution is 2.61. The van der Waals surface area contributed by atoms with E-state index in [-0.39, 0.29) is 34.4 Å². The number of carbonyl (C=O) groups excluding carboxylic acids is 1. The van der Waals surface area contributed by atoms with E-state index in [1.54, 1.807) is 18.3 Å². The number of ether oxygens (including phenoxy) is 1. The number of rotatable bonds is 7. The highest BCUT2D eigenvalue weighted by molar-refractivity contribution is 6.31. The van der Waals surface area contributed by atoms with Gasteiger partial charge in [0.05, 0.1) is 5.02 Å². The Bertz CT molecular complexity index is 1170. The van der Waals surface area contributed by atoms with Crippen molar-refractivity contribution in [2.75, 3.05) is 11.9 Å². The smallest absolute Gasteiger partial charge is 0.258 e. The van der Waals surface area contributed by atoms with Gasteiger partial charge in [-0.3, -0.25) is 4.79 Å². The zero-order valence-electron chi connectivity index (χ0n) is 16.9. The van der Waals surface area contributed by atoms with Gasteiger partial charge in [-0.15, -0.1) is 0 Å². The first-order valence-corrected chi connectivity index (χ1v) is 10.9. The lowest BCUT2D eigenvalue weighted by Gasteiger charge is -2.70. The molecule has 3 saturated carbocycles. The maximum Gasteiger partial charge on any atom is 0.258 e. The lowest BCUT2D eigenvalue weighted by atomic mass is 9.44. The molecule has 3 aliphatic rings. The summed E-state index contributed by atoms with van der Waals surface area (Å²) in [6.45, 7) is -0.181. The third-order valence-corrected chi connectivity index (χ3v) is 6.41. The Morgan fingerprint density at radius 1 is 1.06 bits per heavy atom. The largest absolute Gasteiger partial charge is 0.484 e. The van der Waals surface area contributed by atoms with Crippen molar-refractivity contribution in [1.82, 2.24) is 15.3 Å². The second-order valence-electron chi connectivity index (χ2n) is 8.40. The molecule has 3 fully saturated rings. The van der Waals surface area contributed by atoms with Gasteiger partial charge in [-0.2, -0.15) is 0 Å². The number of nitrogens with zero attached hydrogens (tertiary/aromatic N) is 2. The van der Waals surface area contributed by atoms with E-state index >= 15 is 0 Å². The van der Waals surface area contributed by atoms with Gasteiger partial charge in [-0.1, -0.05) is 23.2 Å². The van der Waals surface area contributed by atoms with Gasteiger partial charge in [-0.25, -0.2) is 14.4 Å². The zero-order valence-corrected chi connectivity index (χ0v) is 18.4. The number of hydrogen-bond donors (Lipinski definition) is 2. The number of nitrogens with one attached hydrogen (secondary N) is 2. The Morgan fingerprint density at radius 3 is 2.53 bits per heavy atom. The zero-order chi connectivity index (χ0) is 22.3. The average Bonchev–Trinajstić information content (AvgIpc) is 2.73. The van der Waals surface area contributed by atoms with Crippen LogP contribution in [0.1, 0.15) is 19.3 Å². The summed E-state index contributed by atoms with van der Waals surface area (Å²) in [6.07, 6.45) is 4.14. The second kappa shape index (κ2) is 7.90. The minimum atomic E-state index is -0.582. The Morgan fingerprint density at radius 2 is 1.81 bits per heavy atom. The van der Waals surface area contributed by atoms with Gasteiger partial charge >= 0.3 is 0 Å². The van der Waals surface area contributed by atoms with Crippen molar-refractivity contribution < 1.29 is 13.9 Å². The van der Waals surface area contributed by atoms with E-state index in [4.69, 9.17) is 27.9 Å². The molecule has 2 N–H and O–H groups in total. The monoisotopic (exact) mass is 472 g/mol. The molecular formula is C23H19Cl2FN4O2. The van der Waals surface area contributed by atoms with Crippen LogP contribution in [-0.4, -0.2) is 33.6 Å². The summed E-state index contributed by atoms with van der Waals surface area (Å²) in [4.78, 5) is 21.2. The van der Waals surface area contributed by atoms with Crippen LogP contribution in [0.4, 0.5) is 10.2 Å². The molecule has 0 aliphatic heterocycles. The topological polar surface area (TPSA) is 76.1 Å². The molecule has 1 heterocycles. The van der Waals surface area contributed by atoms with Gasteiger partial charge in [0.2, 0.25) is 0 Å². The molecule has 1 amide bonds. The molecule has 6 rings (SSSR count). The molecule has 3 aliphatic carbocycles. The van der Waals surface area contributed by atoms with Gasteiger partial charge in [-0.05, 0) is 61.7 Å². The fourth-order valence-corrected chi connectivity index (χ4v) is 4.78. The molecule has 9 heteroatoms. The molecule has 3 aromatic rings. The standard InChI is InChI=1S/C23H19Cl2FN4O2/c24-15-3-1-14(2-4-15)21-27-8-7-19(28-21)29-22-11-23(12-22,13-22)30-20(31)10-32-16-5-6-17(25)18(26)9-16/h1-9H,10-13H2,(H,30,31)(H,27,28,29). The molecular weight excluding hydrogens is 454 g/mol. The van der Waals surface area contributed by atoms with Crippen LogP contribution >= 0.6 is 23.2 Å². The number of amides is 1. The Hall–Kier alpha value is -2.90. The van der Waals surface area contributed by atoms with Crippen molar-refractivity contribution in [1.29, 1.82) is 0 Å². The molecule has 0 spiro atoms. The summed E-state index contributed by atoms with van der Waals surface area (Å²) >= 11 is 11.6. The minimum absolute atomic E-state index is 0.0115. The van der Waals surface area contributed by atoms with E-state index in [1.165, 1.54) is 12.1 Å². The van der Waals surface area contributed by atoms with Crippen LogP contribution in [0.5, 0.6) is 5.75 Å². The van der Waals surface area contributed by atoms with Gasteiger partial charge in [0, 0.05) is 33.9 Å². The quantitative estimate of drug-likeness (QED) is 0.512. The number of aromatic nitrogens is 2. The van der Waals surface area contributed by atoms with Crippen molar-refractivity contribution in [2.45, 2.75) is 30.3 Å². The van der Waals surface area contributed by atoms with Crippen LogP contribution in [0.15, 0.2) is 54.7 Å². The molecule has 0 radical (unpaired) electrons. The molecule has 2 aromatic carbocycles. The van der Waals surface area contributed by atoms with Gasteiger partial charge in [0.25, 0.3) is 5.91 Å². The first kappa shape index (κ1) is 21.0. The Balaban J connectivity index is 1.13. The third-order valence-electron chi connectivity index (χ3n) is 5.85. The number of hydrogen-bond acceptors (Lipinski definition) is 5. The SMILES string of the molecule is O=C(COc1ccc(Cl)c(F)c1)NC12CC(Nc3ccnc(-c4ccc(Cl)cc4)n3)(C1)C2. The summed E-state index contributed by atoms with van der Waals surface area (Å²) < 4.78 is 18.8. The number of anilines is 1. The van der Waals surface area contributed by atoms with Crippen LogP contribution in [0.2, 0.25) is 10.0 Å². The fourth-order valence-electron chi connectivity index (χ4n) is 4.54. The van der Waals surface area contributed by atoms with Crippen molar-refractivity contribution in [2.24, 2.45) is 0 Å². The van der Waals surface area contributed by atoms with E-state index in [2.05, 4.69) is 20.6 Å². The van der Waals surface area contributed by atoms with Crippen LogP contribution in [0.25, 0.3) is 11.4 Å². The highest BCUT2D eigenvalue weighted by Gasteiger charge is 2.68. The van der Waals surface area contributed by atoms with Crippen LogP contribution < -0.4 is 15.4 Å². The number of carbonyl (C=O) groups is 1. The average molecular weight is 473 g/mol. The van der Waals surface area contributed by atoms with Crippen molar-refractivity contribution in [3.63, 3.8) is 0 Å². The normalized spacial score (nSPS) is 23.0. The maximum absolute atomic E-state index is 13.5. The molecule has 2 bridgehead atoms. The lowest BCUT2D eigenvalue weighted by molar-refractivity contribution is -0.135. The van der Waals surface area contributed by atoms with Crippen molar-refractivity contribution >= 4 is 34.9 Å². The summed E-state index contributed by atoms with van der Waals surface area (Å²) in [7, 11) is 0. The van der Waals surface area contributed by atoms with Crippen molar-refractivity contribution in [3.05, 3.63) is 70.6 Å². The molecule has 6 nitrogen and oxygen atoms in total. The first-order valence-electron chi connectivity index (χ1n) is 10.1. The van der Waals surface area contributed by atoms with Gasteiger partial charge < -0.3 is 15.4 Å². The third kappa shape index (κ3) is 4.10. The molecule has 32 heavy (non-hydrogen) atoms. The van der Waals surface area contributed by atoms with E-state index in [9.17, 15) is 9.18 Å². The Kier molecular flexibility index (Phi) is 5.18. The second-order valence-corrected chi connectivity index (χ2v) is 9.24. The van der Waals surface area contributed by atoms with Crippen LogP contribution in [0, 0.1) is 5.82 Å². The van der Waals surface area contributed by atoms with E-state index in [0.717, 1.165) is 36.7 Å². The summed E-state index contributed by atoms with van der Waals surface area (Å²) in [5.74, 6) is 0.814. The van der Waals surface area contributed by atoms with Crippen molar-refractivity contribution in [3.8, 4) is 17.1 Å². The van der Waals surface area contributed by atoms with E-state index < -0.39 is 5.82 Å². The van der Waals surface area contributed by atoms with Gasteiger partial charge in [0.15, 0.2) is 12.4 Å². The van der Waals surface area contributed by atoms with Gasteiger partial charge in [0.1, 0.15) is 17.4 Å². The highest BCUT2D eigenvalue weighted by atomic mass is 35.5.